The first kappa shape index (κ1) is 20.3. The Kier molecular flexibility index (Phi) is 5.42. The molecule has 2 N–H and O–H groups in total. The lowest BCUT2D eigenvalue weighted by Crippen LogP contribution is -2.41. The number of aromatic nitrogens is 4. The van der Waals surface area contributed by atoms with Crippen molar-refractivity contribution in [2.75, 3.05) is 30.9 Å². The van der Waals surface area contributed by atoms with Gasteiger partial charge in [-0.1, -0.05) is 0 Å². The SMILES string of the molecule is CNc1nc(NC2(C)CCOCC2)nn2ccc(-c3ccc(N=C(C)C)c(C)n3)c12. The van der Waals surface area contributed by atoms with E-state index in [1.165, 1.54) is 0 Å². The zero-order valence-corrected chi connectivity index (χ0v) is 18.3. The highest BCUT2D eigenvalue weighted by molar-refractivity contribution is 5.88. The zero-order valence-electron chi connectivity index (χ0n) is 18.3. The maximum Gasteiger partial charge on any atom is 0.243 e. The zero-order chi connectivity index (χ0) is 21.3. The molecule has 0 spiro atoms. The number of ether oxygens (including phenoxy) is 1. The van der Waals surface area contributed by atoms with Crippen molar-refractivity contribution >= 4 is 28.7 Å². The fourth-order valence-electron chi connectivity index (χ4n) is 3.74. The molecule has 0 saturated carbocycles. The van der Waals surface area contributed by atoms with Crippen molar-refractivity contribution < 1.29 is 4.74 Å². The highest BCUT2D eigenvalue weighted by Gasteiger charge is 2.28. The van der Waals surface area contributed by atoms with Crippen LogP contribution in [0.15, 0.2) is 29.4 Å². The molecule has 1 fully saturated rings. The number of rotatable bonds is 5. The first-order chi connectivity index (χ1) is 14.4. The molecule has 4 rings (SSSR count). The predicted molar refractivity (Wildman–Crippen MR) is 121 cm³/mol. The molecule has 0 aromatic carbocycles. The van der Waals surface area contributed by atoms with E-state index in [1.807, 2.05) is 56.7 Å². The Balaban J connectivity index is 1.73. The number of hydrogen-bond donors (Lipinski definition) is 2. The van der Waals surface area contributed by atoms with Crippen molar-refractivity contribution in [2.24, 2.45) is 4.99 Å². The molecule has 1 saturated heterocycles. The number of pyridine rings is 1. The van der Waals surface area contributed by atoms with E-state index in [-0.39, 0.29) is 5.54 Å². The lowest BCUT2D eigenvalue weighted by atomic mass is 9.93. The molecule has 0 amide bonds. The van der Waals surface area contributed by atoms with Crippen molar-refractivity contribution in [1.82, 2.24) is 19.6 Å². The Bertz CT molecular complexity index is 1090. The van der Waals surface area contributed by atoms with Crippen LogP contribution in [0.4, 0.5) is 17.5 Å². The molecule has 3 aromatic heterocycles. The van der Waals surface area contributed by atoms with Crippen LogP contribution < -0.4 is 10.6 Å². The number of hydrogen-bond acceptors (Lipinski definition) is 7. The van der Waals surface area contributed by atoms with Gasteiger partial charge in [-0.2, -0.15) is 4.98 Å². The molecule has 0 radical (unpaired) electrons. The van der Waals surface area contributed by atoms with Crippen LogP contribution in [0.1, 0.15) is 39.3 Å². The van der Waals surface area contributed by atoms with Crippen molar-refractivity contribution in [3.8, 4) is 11.3 Å². The third kappa shape index (κ3) is 4.00. The number of nitrogens with one attached hydrogen (secondary N) is 2. The molecule has 0 aliphatic carbocycles. The minimum atomic E-state index is -0.0701. The average molecular weight is 408 g/mol. The molecule has 8 heteroatoms. The number of nitrogens with zero attached hydrogens (tertiary/aromatic N) is 5. The van der Waals surface area contributed by atoms with Gasteiger partial charge >= 0.3 is 0 Å². The largest absolute Gasteiger partial charge is 0.381 e. The fourth-order valence-corrected chi connectivity index (χ4v) is 3.74. The van der Waals surface area contributed by atoms with Gasteiger partial charge in [0.25, 0.3) is 0 Å². The van der Waals surface area contributed by atoms with Crippen LogP contribution in [0, 0.1) is 6.92 Å². The van der Waals surface area contributed by atoms with Gasteiger partial charge in [-0.3, -0.25) is 9.98 Å². The van der Waals surface area contributed by atoms with Crippen LogP contribution in [-0.2, 0) is 4.74 Å². The van der Waals surface area contributed by atoms with Crippen molar-refractivity contribution in [1.29, 1.82) is 0 Å². The van der Waals surface area contributed by atoms with Crippen LogP contribution >= 0.6 is 0 Å². The summed E-state index contributed by atoms with van der Waals surface area (Å²) in [5.41, 5.74) is 5.48. The molecule has 0 atom stereocenters. The smallest absolute Gasteiger partial charge is 0.243 e. The van der Waals surface area contributed by atoms with Crippen LogP contribution in [0.25, 0.3) is 16.8 Å². The molecule has 4 heterocycles. The molecule has 1 aliphatic heterocycles. The minimum Gasteiger partial charge on any atom is -0.381 e. The summed E-state index contributed by atoms with van der Waals surface area (Å²) in [6, 6.07) is 6.04. The van der Waals surface area contributed by atoms with Gasteiger partial charge in [0.2, 0.25) is 5.95 Å². The predicted octanol–water partition coefficient (Wildman–Crippen LogP) is 4.23. The van der Waals surface area contributed by atoms with Crippen LogP contribution in [0.5, 0.6) is 0 Å². The van der Waals surface area contributed by atoms with Gasteiger partial charge in [0, 0.05) is 43.3 Å². The van der Waals surface area contributed by atoms with E-state index in [1.54, 1.807) is 0 Å². The minimum absolute atomic E-state index is 0.0701. The molecule has 0 unspecified atom stereocenters. The molecule has 1 aliphatic rings. The van der Waals surface area contributed by atoms with Gasteiger partial charge in [0.05, 0.1) is 17.1 Å². The second kappa shape index (κ2) is 8.02. The number of anilines is 2. The van der Waals surface area contributed by atoms with E-state index in [9.17, 15) is 0 Å². The second-order valence-electron chi connectivity index (χ2n) is 8.21. The van der Waals surface area contributed by atoms with Crippen molar-refractivity contribution in [3.05, 3.63) is 30.1 Å². The topological polar surface area (TPSA) is 88.7 Å². The second-order valence-corrected chi connectivity index (χ2v) is 8.21. The Labute approximate surface area is 176 Å². The van der Waals surface area contributed by atoms with E-state index in [4.69, 9.17) is 19.8 Å². The van der Waals surface area contributed by atoms with Crippen LogP contribution in [0.2, 0.25) is 0 Å². The summed E-state index contributed by atoms with van der Waals surface area (Å²) in [5.74, 6) is 1.36. The molecular weight excluding hydrogens is 378 g/mol. The van der Waals surface area contributed by atoms with Gasteiger partial charge < -0.3 is 15.4 Å². The lowest BCUT2D eigenvalue weighted by molar-refractivity contribution is 0.0655. The van der Waals surface area contributed by atoms with Gasteiger partial charge in [-0.05, 0) is 58.7 Å². The molecule has 158 valence electrons. The average Bonchev–Trinajstić information content (AvgIpc) is 3.13. The maximum absolute atomic E-state index is 5.50. The van der Waals surface area contributed by atoms with E-state index >= 15 is 0 Å². The third-order valence-corrected chi connectivity index (χ3v) is 5.44. The van der Waals surface area contributed by atoms with Gasteiger partial charge in [0.15, 0.2) is 5.82 Å². The monoisotopic (exact) mass is 407 g/mol. The van der Waals surface area contributed by atoms with E-state index in [2.05, 4.69) is 22.5 Å². The van der Waals surface area contributed by atoms with Crippen LogP contribution in [-0.4, -0.2) is 51.1 Å². The lowest BCUT2D eigenvalue weighted by Gasteiger charge is -2.34. The first-order valence-electron chi connectivity index (χ1n) is 10.3. The normalized spacial score (nSPS) is 15.8. The summed E-state index contributed by atoms with van der Waals surface area (Å²) in [6.07, 6.45) is 3.80. The Hall–Kier alpha value is -3.00. The summed E-state index contributed by atoms with van der Waals surface area (Å²) in [6.45, 7) is 9.64. The standard InChI is InChI=1S/C22H29N7O/c1-14(2)24-17-6-7-18(25-15(17)3)16-8-11-29-19(16)20(23-5)26-21(28-29)27-22(4)9-12-30-13-10-22/h6-8,11H,9-10,12-13H2,1-5H3,(H2,23,26,27,28). The summed E-state index contributed by atoms with van der Waals surface area (Å²) < 4.78 is 7.36. The number of fused-ring (bicyclic) bond motifs is 1. The van der Waals surface area contributed by atoms with E-state index in [0.29, 0.717) is 5.95 Å². The molecule has 30 heavy (non-hydrogen) atoms. The Morgan fingerprint density at radius 2 is 1.93 bits per heavy atom. The summed E-state index contributed by atoms with van der Waals surface area (Å²) in [7, 11) is 1.87. The fraction of sp³-hybridized carbons (Fsp3) is 0.455. The molecule has 8 nitrogen and oxygen atoms in total. The summed E-state index contributed by atoms with van der Waals surface area (Å²) in [4.78, 5) is 14.1. The third-order valence-electron chi connectivity index (χ3n) is 5.44. The van der Waals surface area contributed by atoms with E-state index < -0.39 is 0 Å². The summed E-state index contributed by atoms with van der Waals surface area (Å²) >= 11 is 0. The summed E-state index contributed by atoms with van der Waals surface area (Å²) in [5, 5.41) is 11.4. The highest BCUT2D eigenvalue weighted by atomic mass is 16.5. The Morgan fingerprint density at radius 3 is 2.60 bits per heavy atom. The molecular formula is C22H29N7O. The van der Waals surface area contributed by atoms with Crippen molar-refractivity contribution in [3.63, 3.8) is 0 Å². The van der Waals surface area contributed by atoms with E-state index in [0.717, 1.165) is 65.7 Å². The first-order valence-corrected chi connectivity index (χ1v) is 10.3. The Morgan fingerprint density at radius 1 is 1.17 bits per heavy atom. The molecule has 0 bridgehead atoms. The highest BCUT2D eigenvalue weighted by Crippen LogP contribution is 2.32. The van der Waals surface area contributed by atoms with Crippen molar-refractivity contribution in [2.45, 2.75) is 46.1 Å². The number of aryl methyl sites for hydroxylation is 1. The van der Waals surface area contributed by atoms with Gasteiger partial charge in [0.1, 0.15) is 5.52 Å². The molecule has 3 aromatic rings. The van der Waals surface area contributed by atoms with Crippen LogP contribution in [0.3, 0.4) is 0 Å². The maximum atomic E-state index is 5.50. The van der Waals surface area contributed by atoms with Gasteiger partial charge in [-0.15, -0.1) is 5.10 Å². The van der Waals surface area contributed by atoms with Gasteiger partial charge in [-0.25, -0.2) is 4.52 Å². The number of aliphatic imine (C=N–C) groups is 1. The quantitative estimate of drug-likeness (QED) is 0.615.